The Hall–Kier alpha value is -2.52. The van der Waals surface area contributed by atoms with Crippen molar-refractivity contribution in [1.29, 1.82) is 5.26 Å². The van der Waals surface area contributed by atoms with Crippen LogP contribution in [0.4, 0.5) is 0 Å². The zero-order valence-electron chi connectivity index (χ0n) is 14.9. The third-order valence-corrected chi connectivity index (χ3v) is 3.74. The SMILES string of the molecule is COc1cc(C=C(C#N)C(=O)NCC2CCCO2)ccc1OC(C)C. The largest absolute Gasteiger partial charge is 0.493 e. The second kappa shape index (κ2) is 9.09. The third kappa shape index (κ3) is 5.50. The number of ether oxygens (including phenoxy) is 3. The van der Waals surface area contributed by atoms with E-state index in [0.29, 0.717) is 23.6 Å². The number of benzene rings is 1. The summed E-state index contributed by atoms with van der Waals surface area (Å²) in [6.07, 6.45) is 3.53. The van der Waals surface area contributed by atoms with Crippen molar-refractivity contribution < 1.29 is 19.0 Å². The van der Waals surface area contributed by atoms with Crippen LogP contribution in [-0.4, -0.2) is 38.4 Å². The molecule has 0 aromatic heterocycles. The van der Waals surface area contributed by atoms with Crippen LogP contribution in [0.5, 0.6) is 11.5 Å². The number of carbonyl (C=O) groups is 1. The second-order valence-electron chi connectivity index (χ2n) is 6.09. The average molecular weight is 344 g/mol. The number of nitrogens with one attached hydrogen (secondary N) is 1. The van der Waals surface area contributed by atoms with Crippen LogP contribution in [0.2, 0.25) is 0 Å². The minimum absolute atomic E-state index is 0.0218. The summed E-state index contributed by atoms with van der Waals surface area (Å²) in [7, 11) is 1.55. The first kappa shape index (κ1) is 18.8. The molecule has 0 spiro atoms. The predicted molar refractivity (Wildman–Crippen MR) is 94.3 cm³/mol. The van der Waals surface area contributed by atoms with Gasteiger partial charge >= 0.3 is 0 Å². The molecule has 0 aliphatic carbocycles. The first-order chi connectivity index (χ1) is 12.0. The number of nitriles is 1. The summed E-state index contributed by atoms with van der Waals surface area (Å²) in [5, 5.41) is 12.0. The van der Waals surface area contributed by atoms with Gasteiger partial charge in [-0.1, -0.05) is 6.07 Å². The normalized spacial score (nSPS) is 17.2. The molecule has 1 aliphatic rings. The monoisotopic (exact) mass is 344 g/mol. The molecular formula is C19H24N2O4. The van der Waals surface area contributed by atoms with E-state index < -0.39 is 5.91 Å². The Morgan fingerprint density at radius 2 is 2.28 bits per heavy atom. The lowest BCUT2D eigenvalue weighted by atomic mass is 10.1. The van der Waals surface area contributed by atoms with Crippen molar-refractivity contribution in [3.63, 3.8) is 0 Å². The van der Waals surface area contributed by atoms with Crippen LogP contribution >= 0.6 is 0 Å². The maximum Gasteiger partial charge on any atom is 0.262 e. The Kier molecular flexibility index (Phi) is 6.84. The lowest BCUT2D eigenvalue weighted by molar-refractivity contribution is -0.117. The molecule has 0 radical (unpaired) electrons. The Morgan fingerprint density at radius 1 is 1.48 bits per heavy atom. The molecule has 6 heteroatoms. The van der Waals surface area contributed by atoms with Crippen LogP contribution in [0.1, 0.15) is 32.3 Å². The average Bonchev–Trinajstić information content (AvgIpc) is 3.11. The first-order valence-corrected chi connectivity index (χ1v) is 8.39. The zero-order valence-corrected chi connectivity index (χ0v) is 14.9. The first-order valence-electron chi connectivity index (χ1n) is 8.39. The Labute approximate surface area is 148 Å². The van der Waals surface area contributed by atoms with Gasteiger partial charge in [0.2, 0.25) is 0 Å². The number of hydrogen-bond acceptors (Lipinski definition) is 5. The number of nitrogens with zero attached hydrogens (tertiary/aromatic N) is 1. The minimum atomic E-state index is -0.403. The molecule has 6 nitrogen and oxygen atoms in total. The van der Waals surface area contributed by atoms with Crippen molar-refractivity contribution in [2.24, 2.45) is 0 Å². The van der Waals surface area contributed by atoms with Crippen molar-refractivity contribution in [1.82, 2.24) is 5.32 Å². The van der Waals surface area contributed by atoms with E-state index in [4.69, 9.17) is 14.2 Å². The molecule has 1 N–H and O–H groups in total. The Balaban J connectivity index is 2.09. The summed E-state index contributed by atoms with van der Waals surface area (Å²) >= 11 is 0. The van der Waals surface area contributed by atoms with Gasteiger partial charge in [-0.25, -0.2) is 0 Å². The summed E-state index contributed by atoms with van der Waals surface area (Å²) in [6.45, 7) is 5.01. The van der Waals surface area contributed by atoms with Gasteiger partial charge in [-0.05, 0) is 50.5 Å². The fraction of sp³-hybridized carbons (Fsp3) is 0.474. The molecule has 25 heavy (non-hydrogen) atoms. The van der Waals surface area contributed by atoms with E-state index in [1.807, 2.05) is 19.9 Å². The highest BCUT2D eigenvalue weighted by molar-refractivity contribution is 6.01. The van der Waals surface area contributed by atoms with Gasteiger partial charge in [0, 0.05) is 13.2 Å². The predicted octanol–water partition coefficient (Wildman–Crippen LogP) is 2.68. The lowest BCUT2D eigenvalue weighted by Crippen LogP contribution is -2.32. The van der Waals surface area contributed by atoms with E-state index in [1.54, 1.807) is 25.3 Å². The van der Waals surface area contributed by atoms with E-state index in [2.05, 4.69) is 5.32 Å². The third-order valence-electron chi connectivity index (χ3n) is 3.74. The molecule has 134 valence electrons. The molecule has 1 aromatic carbocycles. The van der Waals surface area contributed by atoms with Crippen LogP contribution in [0.3, 0.4) is 0 Å². The maximum absolute atomic E-state index is 12.2. The van der Waals surface area contributed by atoms with Crippen molar-refractivity contribution in [2.45, 2.75) is 38.9 Å². The highest BCUT2D eigenvalue weighted by Gasteiger charge is 2.17. The van der Waals surface area contributed by atoms with Gasteiger partial charge in [-0.2, -0.15) is 5.26 Å². The lowest BCUT2D eigenvalue weighted by Gasteiger charge is -2.14. The number of amides is 1. The highest BCUT2D eigenvalue weighted by Crippen LogP contribution is 2.29. The number of methoxy groups -OCH3 is 1. The van der Waals surface area contributed by atoms with E-state index in [-0.39, 0.29) is 17.8 Å². The van der Waals surface area contributed by atoms with E-state index in [1.165, 1.54) is 6.08 Å². The fourth-order valence-corrected chi connectivity index (χ4v) is 2.55. The van der Waals surface area contributed by atoms with Crippen LogP contribution in [0, 0.1) is 11.3 Å². The Morgan fingerprint density at radius 3 is 2.88 bits per heavy atom. The summed E-state index contributed by atoms with van der Waals surface area (Å²) in [5.74, 6) is 0.773. The minimum Gasteiger partial charge on any atom is -0.493 e. The van der Waals surface area contributed by atoms with Crippen LogP contribution in [-0.2, 0) is 9.53 Å². The van der Waals surface area contributed by atoms with Crippen molar-refractivity contribution >= 4 is 12.0 Å². The van der Waals surface area contributed by atoms with Crippen LogP contribution in [0.15, 0.2) is 23.8 Å². The molecule has 1 unspecified atom stereocenters. The van der Waals surface area contributed by atoms with Gasteiger partial charge in [-0.15, -0.1) is 0 Å². The number of rotatable bonds is 7. The summed E-state index contributed by atoms with van der Waals surface area (Å²) in [5.41, 5.74) is 0.731. The summed E-state index contributed by atoms with van der Waals surface area (Å²) in [4.78, 5) is 12.2. The standard InChI is InChI=1S/C19H24N2O4/c1-13(2)25-17-7-6-14(10-18(17)23-3)9-15(11-20)19(22)21-12-16-5-4-8-24-16/h6-7,9-10,13,16H,4-5,8,12H2,1-3H3,(H,21,22). The Bertz CT molecular complexity index is 670. The van der Waals surface area contributed by atoms with Gasteiger partial charge in [0.1, 0.15) is 11.6 Å². The van der Waals surface area contributed by atoms with Gasteiger partial charge in [-0.3, -0.25) is 4.79 Å². The van der Waals surface area contributed by atoms with Crippen LogP contribution in [0.25, 0.3) is 6.08 Å². The molecule has 1 amide bonds. The highest BCUT2D eigenvalue weighted by atomic mass is 16.5. The van der Waals surface area contributed by atoms with E-state index in [9.17, 15) is 10.1 Å². The molecule has 1 saturated heterocycles. The van der Waals surface area contributed by atoms with Gasteiger partial charge < -0.3 is 19.5 Å². The molecule has 1 aromatic rings. The molecule has 1 atom stereocenters. The van der Waals surface area contributed by atoms with Gasteiger partial charge in [0.25, 0.3) is 5.91 Å². The topological polar surface area (TPSA) is 80.6 Å². The molecule has 1 fully saturated rings. The summed E-state index contributed by atoms with van der Waals surface area (Å²) in [6, 6.07) is 7.24. The van der Waals surface area contributed by atoms with E-state index >= 15 is 0 Å². The van der Waals surface area contributed by atoms with Gasteiger partial charge in [0.05, 0.1) is 19.3 Å². The summed E-state index contributed by atoms with van der Waals surface area (Å²) < 4.78 is 16.4. The van der Waals surface area contributed by atoms with Crippen LogP contribution < -0.4 is 14.8 Å². The number of carbonyl (C=O) groups excluding carboxylic acids is 1. The molecule has 2 rings (SSSR count). The van der Waals surface area contributed by atoms with Crippen molar-refractivity contribution in [2.75, 3.05) is 20.3 Å². The number of hydrogen-bond donors (Lipinski definition) is 1. The maximum atomic E-state index is 12.2. The molecular weight excluding hydrogens is 320 g/mol. The molecule has 0 saturated carbocycles. The second-order valence-corrected chi connectivity index (χ2v) is 6.09. The van der Waals surface area contributed by atoms with E-state index in [0.717, 1.165) is 19.4 Å². The molecule has 1 aliphatic heterocycles. The molecule has 0 bridgehead atoms. The smallest absolute Gasteiger partial charge is 0.262 e. The van der Waals surface area contributed by atoms with Crippen molar-refractivity contribution in [3.8, 4) is 17.6 Å². The zero-order chi connectivity index (χ0) is 18.2. The van der Waals surface area contributed by atoms with Crippen molar-refractivity contribution in [3.05, 3.63) is 29.3 Å². The van der Waals surface area contributed by atoms with Gasteiger partial charge in [0.15, 0.2) is 11.5 Å². The quantitative estimate of drug-likeness (QED) is 0.607. The fourth-order valence-electron chi connectivity index (χ4n) is 2.55. The molecule has 1 heterocycles.